The first-order valence-electron chi connectivity index (χ1n) is 8.13. The lowest BCUT2D eigenvalue weighted by atomic mass is 10.1. The van der Waals surface area contributed by atoms with Crippen molar-refractivity contribution in [1.82, 2.24) is 9.97 Å². The van der Waals surface area contributed by atoms with Gasteiger partial charge in [0.25, 0.3) is 0 Å². The molecular formula is C18H11Cl2N5O5. The summed E-state index contributed by atoms with van der Waals surface area (Å²) in [6, 6.07) is 8.96. The maximum atomic E-state index is 11.7. The molecule has 30 heavy (non-hydrogen) atoms. The van der Waals surface area contributed by atoms with Crippen molar-refractivity contribution >= 4 is 52.4 Å². The molecule has 0 unspecified atom stereocenters. The molecular weight excluding hydrogens is 437 g/mol. The molecule has 0 aliphatic carbocycles. The van der Waals surface area contributed by atoms with Crippen LogP contribution in [0, 0.1) is 10.1 Å². The quantitative estimate of drug-likeness (QED) is 0.296. The number of hydrogen-bond donors (Lipinski definition) is 3. The number of halogens is 2. The third-order valence-corrected chi connectivity index (χ3v) is 4.29. The molecule has 0 radical (unpaired) electrons. The van der Waals surface area contributed by atoms with E-state index in [1.165, 1.54) is 30.3 Å². The average Bonchev–Trinajstić information content (AvgIpc) is 2.66. The number of nitrogens with zero attached hydrogens (tertiary/aromatic N) is 3. The monoisotopic (exact) mass is 447 g/mol. The van der Waals surface area contributed by atoms with Crippen LogP contribution in [0.25, 0.3) is 12.2 Å². The van der Waals surface area contributed by atoms with E-state index in [2.05, 4.69) is 15.2 Å². The van der Waals surface area contributed by atoms with Crippen LogP contribution in [-0.2, 0) is 0 Å². The van der Waals surface area contributed by atoms with E-state index < -0.39 is 21.9 Å². The maximum Gasteiger partial charge on any atom is 0.357 e. The molecule has 0 atom stereocenters. The molecule has 0 fully saturated rings. The molecule has 1 heterocycles. The van der Waals surface area contributed by atoms with Gasteiger partial charge >= 0.3 is 16.9 Å². The summed E-state index contributed by atoms with van der Waals surface area (Å²) in [7, 11) is 0. The molecule has 0 spiro atoms. The van der Waals surface area contributed by atoms with E-state index in [9.17, 15) is 24.8 Å². The van der Waals surface area contributed by atoms with Crippen molar-refractivity contribution in [3.63, 3.8) is 0 Å². The third-order valence-electron chi connectivity index (χ3n) is 3.75. The molecule has 12 heteroatoms. The molecule has 0 bridgehead atoms. The summed E-state index contributed by atoms with van der Waals surface area (Å²) in [5.74, 6) is -0.162. The minimum Gasteiger partial charge on any atom is -0.507 e. The molecule has 0 amide bonds. The molecule has 0 aliphatic heterocycles. The van der Waals surface area contributed by atoms with Crippen molar-refractivity contribution in [2.75, 3.05) is 0 Å². The van der Waals surface area contributed by atoms with Gasteiger partial charge in [0.15, 0.2) is 0 Å². The van der Waals surface area contributed by atoms with E-state index in [1.54, 1.807) is 17.1 Å². The Morgan fingerprint density at radius 2 is 1.80 bits per heavy atom. The van der Waals surface area contributed by atoms with Crippen LogP contribution in [0.5, 0.6) is 5.75 Å². The molecule has 0 saturated carbocycles. The number of benzene rings is 2. The SMILES string of the molecule is O=c1[nH]c(C=Cc2cc(N=Nc3ccc(Cl)cc3Cl)ccc2O)c([N+](=O)[O-])c(=O)[nH]1. The van der Waals surface area contributed by atoms with Crippen LogP contribution in [0.15, 0.2) is 56.2 Å². The van der Waals surface area contributed by atoms with Crippen LogP contribution >= 0.6 is 23.2 Å². The summed E-state index contributed by atoms with van der Waals surface area (Å²) in [5.41, 5.74) is -2.28. The van der Waals surface area contributed by atoms with E-state index in [0.29, 0.717) is 21.4 Å². The molecule has 0 saturated heterocycles. The van der Waals surface area contributed by atoms with Crippen molar-refractivity contribution < 1.29 is 10.0 Å². The van der Waals surface area contributed by atoms with Gasteiger partial charge in [-0.25, -0.2) is 4.79 Å². The Hall–Kier alpha value is -3.76. The topological polar surface area (TPSA) is 154 Å². The number of aromatic nitrogens is 2. The Bertz CT molecular complexity index is 1310. The molecule has 0 aliphatic rings. The fourth-order valence-electron chi connectivity index (χ4n) is 2.38. The lowest BCUT2D eigenvalue weighted by molar-refractivity contribution is -0.386. The lowest BCUT2D eigenvalue weighted by Crippen LogP contribution is -2.25. The predicted octanol–water partition coefficient (Wildman–Crippen LogP) is 4.57. The van der Waals surface area contributed by atoms with Gasteiger partial charge < -0.3 is 10.1 Å². The minimum absolute atomic E-state index is 0.162. The number of hydrogen-bond acceptors (Lipinski definition) is 7. The molecule has 3 N–H and O–H groups in total. The Morgan fingerprint density at radius 3 is 2.50 bits per heavy atom. The highest BCUT2D eigenvalue weighted by molar-refractivity contribution is 6.36. The van der Waals surface area contributed by atoms with Crippen molar-refractivity contribution in [3.05, 3.63) is 88.7 Å². The van der Waals surface area contributed by atoms with Gasteiger partial charge in [-0.15, -0.1) is 5.11 Å². The number of rotatable bonds is 5. The number of azo groups is 1. The fourth-order valence-corrected chi connectivity index (χ4v) is 2.83. The smallest absolute Gasteiger partial charge is 0.357 e. The van der Waals surface area contributed by atoms with Crippen LogP contribution in [0.1, 0.15) is 11.3 Å². The number of aromatic hydroxyl groups is 1. The molecule has 10 nitrogen and oxygen atoms in total. The maximum absolute atomic E-state index is 11.7. The molecule has 152 valence electrons. The van der Waals surface area contributed by atoms with E-state index >= 15 is 0 Å². The van der Waals surface area contributed by atoms with E-state index in [-0.39, 0.29) is 17.0 Å². The van der Waals surface area contributed by atoms with Crippen LogP contribution in [0.3, 0.4) is 0 Å². The van der Waals surface area contributed by atoms with Gasteiger partial charge in [0, 0.05) is 10.6 Å². The van der Waals surface area contributed by atoms with E-state index in [0.717, 1.165) is 6.08 Å². The number of H-pyrrole nitrogens is 2. The second kappa shape index (κ2) is 8.72. The van der Waals surface area contributed by atoms with Crippen LogP contribution < -0.4 is 11.2 Å². The summed E-state index contributed by atoms with van der Waals surface area (Å²) in [6.07, 6.45) is 2.40. The highest BCUT2D eigenvalue weighted by atomic mass is 35.5. The number of phenols is 1. The number of nitrogens with one attached hydrogen (secondary N) is 2. The highest BCUT2D eigenvalue weighted by Gasteiger charge is 2.18. The van der Waals surface area contributed by atoms with Crippen LogP contribution in [-0.4, -0.2) is 20.0 Å². The van der Waals surface area contributed by atoms with Crippen molar-refractivity contribution in [2.45, 2.75) is 0 Å². The predicted molar refractivity (Wildman–Crippen MR) is 112 cm³/mol. The van der Waals surface area contributed by atoms with Gasteiger partial charge in [-0.3, -0.25) is 19.9 Å². The van der Waals surface area contributed by atoms with Crippen molar-refractivity contribution in [2.24, 2.45) is 10.2 Å². The van der Waals surface area contributed by atoms with Crippen molar-refractivity contribution in [1.29, 1.82) is 0 Å². The standard InChI is InChI=1S/C18H11Cl2N5O5/c19-10-2-5-13(12(20)8-10)24-23-11-3-6-15(26)9(7-11)1-4-14-16(25(29)30)17(27)22-18(28)21-14/h1-8,26H,(H2,21,22,27,28). The minimum atomic E-state index is -1.14. The van der Waals surface area contributed by atoms with Crippen molar-refractivity contribution in [3.8, 4) is 5.75 Å². The molecule has 2 aromatic carbocycles. The Morgan fingerprint density at radius 1 is 1.03 bits per heavy atom. The first-order valence-corrected chi connectivity index (χ1v) is 8.89. The normalized spacial score (nSPS) is 11.4. The van der Waals surface area contributed by atoms with E-state index in [4.69, 9.17) is 23.2 Å². The number of phenolic OH excluding ortho intramolecular Hbond substituents is 1. The summed E-state index contributed by atoms with van der Waals surface area (Å²) in [6.45, 7) is 0. The van der Waals surface area contributed by atoms with Gasteiger partial charge in [-0.1, -0.05) is 23.2 Å². The largest absolute Gasteiger partial charge is 0.507 e. The Labute approximate surface area is 177 Å². The third kappa shape index (κ3) is 4.80. The zero-order chi connectivity index (χ0) is 21.8. The first-order chi connectivity index (χ1) is 14.2. The zero-order valence-corrected chi connectivity index (χ0v) is 16.3. The van der Waals surface area contributed by atoms with Gasteiger partial charge in [0.05, 0.1) is 15.6 Å². The average molecular weight is 448 g/mol. The first kappa shape index (κ1) is 21.0. The van der Waals surface area contributed by atoms with Gasteiger partial charge in [0.2, 0.25) is 0 Å². The summed E-state index contributed by atoms with van der Waals surface area (Å²) in [4.78, 5) is 37.2. The summed E-state index contributed by atoms with van der Waals surface area (Å²) >= 11 is 11.9. The van der Waals surface area contributed by atoms with Gasteiger partial charge in [-0.05, 0) is 48.6 Å². The lowest BCUT2D eigenvalue weighted by Gasteiger charge is -2.02. The molecule has 3 rings (SSSR count). The fraction of sp³-hybridized carbons (Fsp3) is 0. The Kier molecular flexibility index (Phi) is 6.09. The second-order valence-corrected chi connectivity index (χ2v) is 6.64. The summed E-state index contributed by atoms with van der Waals surface area (Å²) < 4.78 is 0. The highest BCUT2D eigenvalue weighted by Crippen LogP contribution is 2.31. The van der Waals surface area contributed by atoms with Crippen LogP contribution in [0.2, 0.25) is 10.0 Å². The summed E-state index contributed by atoms with van der Waals surface area (Å²) in [5, 5.41) is 29.9. The van der Waals surface area contributed by atoms with Gasteiger partial charge in [-0.2, -0.15) is 5.11 Å². The van der Waals surface area contributed by atoms with Crippen LogP contribution in [0.4, 0.5) is 17.1 Å². The Balaban J connectivity index is 1.95. The molecule has 1 aromatic heterocycles. The zero-order valence-electron chi connectivity index (χ0n) is 14.8. The van der Waals surface area contributed by atoms with E-state index in [1.807, 2.05) is 0 Å². The van der Waals surface area contributed by atoms with Gasteiger partial charge in [0.1, 0.15) is 17.1 Å². The number of nitro groups is 1. The number of aromatic amines is 2. The second-order valence-electron chi connectivity index (χ2n) is 5.80. The molecule has 3 aromatic rings.